The minimum Gasteiger partial charge on any atom is -0.282 e. The Morgan fingerprint density at radius 2 is 2.11 bits per heavy atom. The van der Waals surface area contributed by atoms with Gasteiger partial charge in [0.2, 0.25) is 0 Å². The predicted molar refractivity (Wildman–Crippen MR) is 66.9 cm³/mol. The van der Waals surface area contributed by atoms with Crippen molar-refractivity contribution >= 4 is 34.7 Å². The fourth-order valence-corrected chi connectivity index (χ4v) is 2.17. The van der Waals surface area contributed by atoms with Gasteiger partial charge in [-0.05, 0) is 30.3 Å². The van der Waals surface area contributed by atoms with Crippen molar-refractivity contribution in [3.05, 3.63) is 44.3 Å². The Bertz CT molecular complexity index is 595. The molecule has 92 valence electrons. The summed E-state index contributed by atoms with van der Waals surface area (Å²) in [6.45, 7) is 1.63. The zero-order chi connectivity index (χ0) is 13.3. The van der Waals surface area contributed by atoms with Crippen LogP contribution in [0.5, 0.6) is 0 Å². The number of hydrogen-bond donors (Lipinski definition) is 1. The molecule has 2 rings (SSSR count). The number of carbonyl (C=O) groups excluding carboxylic acids is 2. The van der Waals surface area contributed by atoms with Crippen LogP contribution >= 0.6 is 11.8 Å². The Morgan fingerprint density at radius 1 is 1.39 bits per heavy atom. The normalized spacial score (nSPS) is 17.1. The van der Waals surface area contributed by atoms with Crippen LogP contribution < -0.4 is 5.32 Å². The maximum absolute atomic E-state index is 11.3. The first-order valence-electron chi connectivity index (χ1n) is 4.97. The summed E-state index contributed by atoms with van der Waals surface area (Å²) in [4.78, 5) is 32.8. The van der Waals surface area contributed by atoms with Crippen molar-refractivity contribution in [2.24, 2.45) is 0 Å². The number of nitro benzene ring substituents is 1. The number of imide groups is 1. The number of nitrogens with one attached hydrogen (secondary N) is 1. The van der Waals surface area contributed by atoms with Gasteiger partial charge in [-0.15, -0.1) is 0 Å². The second-order valence-electron chi connectivity index (χ2n) is 3.66. The van der Waals surface area contributed by atoms with Crippen LogP contribution in [-0.4, -0.2) is 16.1 Å². The van der Waals surface area contributed by atoms with Crippen molar-refractivity contribution < 1.29 is 14.5 Å². The zero-order valence-corrected chi connectivity index (χ0v) is 10.1. The van der Waals surface area contributed by atoms with E-state index in [1.54, 1.807) is 19.1 Å². The van der Waals surface area contributed by atoms with E-state index in [2.05, 4.69) is 5.32 Å². The highest BCUT2D eigenvalue weighted by Crippen LogP contribution is 2.27. The van der Waals surface area contributed by atoms with Crippen LogP contribution in [0.15, 0.2) is 23.1 Å². The molecule has 0 saturated carbocycles. The molecule has 0 radical (unpaired) electrons. The SMILES string of the molecule is Cc1ccc(C=C2SC(=O)NC2=O)cc1[N+](=O)[O-]. The summed E-state index contributed by atoms with van der Waals surface area (Å²) in [5.74, 6) is -0.478. The molecule has 1 aliphatic rings. The molecule has 1 saturated heterocycles. The van der Waals surface area contributed by atoms with Gasteiger partial charge in [-0.2, -0.15) is 0 Å². The number of carbonyl (C=O) groups is 2. The van der Waals surface area contributed by atoms with Crippen LogP contribution in [0.25, 0.3) is 6.08 Å². The number of hydrogen-bond acceptors (Lipinski definition) is 5. The number of rotatable bonds is 2. The van der Waals surface area contributed by atoms with E-state index in [1.165, 1.54) is 12.1 Å². The predicted octanol–water partition coefficient (Wildman–Crippen LogP) is 2.23. The van der Waals surface area contributed by atoms with Crippen molar-refractivity contribution in [1.82, 2.24) is 5.32 Å². The molecule has 1 N–H and O–H groups in total. The summed E-state index contributed by atoms with van der Waals surface area (Å²) >= 11 is 0.779. The lowest BCUT2D eigenvalue weighted by atomic mass is 10.1. The quantitative estimate of drug-likeness (QED) is 0.502. The fraction of sp³-hybridized carbons (Fsp3) is 0.0909. The minimum atomic E-state index is -0.482. The molecule has 0 bridgehead atoms. The third kappa shape index (κ3) is 2.40. The van der Waals surface area contributed by atoms with E-state index >= 15 is 0 Å². The summed E-state index contributed by atoms with van der Waals surface area (Å²) in [5, 5.41) is 12.5. The summed E-state index contributed by atoms with van der Waals surface area (Å²) in [5.41, 5.74) is 1.04. The zero-order valence-electron chi connectivity index (χ0n) is 9.30. The van der Waals surface area contributed by atoms with Gasteiger partial charge in [0.1, 0.15) is 0 Å². The largest absolute Gasteiger partial charge is 0.290 e. The third-order valence-electron chi connectivity index (χ3n) is 2.37. The number of nitro groups is 1. The average molecular weight is 264 g/mol. The first-order chi connectivity index (χ1) is 8.47. The van der Waals surface area contributed by atoms with Crippen molar-refractivity contribution in [3.63, 3.8) is 0 Å². The van der Waals surface area contributed by atoms with E-state index in [1.807, 2.05) is 0 Å². The van der Waals surface area contributed by atoms with Gasteiger partial charge in [0.05, 0.1) is 9.83 Å². The van der Waals surface area contributed by atoms with E-state index in [0.29, 0.717) is 11.1 Å². The number of benzene rings is 1. The standard InChI is InChI=1S/C11H8N2O4S/c1-6-2-3-7(4-8(6)13(16)17)5-9-10(14)12-11(15)18-9/h2-5H,1H3,(H,12,14,15). The van der Waals surface area contributed by atoms with E-state index < -0.39 is 16.1 Å². The molecule has 0 unspecified atom stereocenters. The molecule has 2 amide bonds. The molecular weight excluding hydrogens is 256 g/mol. The van der Waals surface area contributed by atoms with Crippen LogP contribution in [-0.2, 0) is 4.79 Å². The summed E-state index contributed by atoms with van der Waals surface area (Å²) < 4.78 is 0. The summed E-state index contributed by atoms with van der Waals surface area (Å²) in [7, 11) is 0. The van der Waals surface area contributed by atoms with Gasteiger partial charge in [-0.1, -0.05) is 12.1 Å². The first-order valence-corrected chi connectivity index (χ1v) is 5.79. The topological polar surface area (TPSA) is 89.3 Å². The highest BCUT2D eigenvalue weighted by molar-refractivity contribution is 8.18. The maximum Gasteiger partial charge on any atom is 0.290 e. The van der Waals surface area contributed by atoms with Gasteiger partial charge in [0.25, 0.3) is 16.8 Å². The highest BCUT2D eigenvalue weighted by atomic mass is 32.2. The second-order valence-corrected chi connectivity index (χ2v) is 4.67. The van der Waals surface area contributed by atoms with Gasteiger partial charge in [0, 0.05) is 11.6 Å². The molecule has 1 aromatic rings. The second kappa shape index (κ2) is 4.61. The summed E-state index contributed by atoms with van der Waals surface area (Å²) in [6.07, 6.45) is 1.46. The molecule has 0 aliphatic carbocycles. The number of amides is 2. The molecule has 1 aromatic carbocycles. The lowest BCUT2D eigenvalue weighted by molar-refractivity contribution is -0.385. The van der Waals surface area contributed by atoms with E-state index in [-0.39, 0.29) is 10.6 Å². The maximum atomic E-state index is 11.3. The molecule has 18 heavy (non-hydrogen) atoms. The molecular formula is C11H8N2O4S. The first kappa shape index (κ1) is 12.3. The Kier molecular flexibility index (Phi) is 3.15. The Balaban J connectivity index is 2.38. The molecule has 1 heterocycles. The van der Waals surface area contributed by atoms with Crippen molar-refractivity contribution in [2.45, 2.75) is 6.92 Å². The number of aryl methyl sites for hydroxylation is 1. The Hall–Kier alpha value is -2.15. The monoisotopic (exact) mass is 264 g/mol. The molecule has 0 atom stereocenters. The molecule has 7 heteroatoms. The van der Waals surface area contributed by atoms with Gasteiger partial charge < -0.3 is 0 Å². The molecule has 1 aliphatic heterocycles. The average Bonchev–Trinajstić information content (AvgIpc) is 2.60. The smallest absolute Gasteiger partial charge is 0.282 e. The molecule has 6 nitrogen and oxygen atoms in total. The van der Waals surface area contributed by atoms with Crippen LogP contribution in [0.2, 0.25) is 0 Å². The van der Waals surface area contributed by atoms with Crippen LogP contribution in [0.3, 0.4) is 0 Å². The Morgan fingerprint density at radius 3 is 2.67 bits per heavy atom. The van der Waals surface area contributed by atoms with E-state index in [4.69, 9.17) is 0 Å². The molecule has 0 spiro atoms. The highest BCUT2D eigenvalue weighted by Gasteiger charge is 2.25. The minimum absolute atomic E-state index is 0.0147. The lowest BCUT2D eigenvalue weighted by Gasteiger charge is -1.99. The van der Waals surface area contributed by atoms with Gasteiger partial charge >= 0.3 is 0 Å². The lowest BCUT2D eigenvalue weighted by Crippen LogP contribution is -2.17. The van der Waals surface area contributed by atoms with Gasteiger partial charge in [-0.3, -0.25) is 25.0 Å². The van der Waals surface area contributed by atoms with E-state index in [0.717, 1.165) is 11.8 Å². The van der Waals surface area contributed by atoms with Crippen LogP contribution in [0.1, 0.15) is 11.1 Å². The number of nitrogens with zero attached hydrogens (tertiary/aromatic N) is 1. The Labute approximate surface area is 106 Å². The fourth-order valence-electron chi connectivity index (χ4n) is 1.49. The van der Waals surface area contributed by atoms with Crippen molar-refractivity contribution in [2.75, 3.05) is 0 Å². The van der Waals surface area contributed by atoms with Gasteiger partial charge in [0.15, 0.2) is 0 Å². The molecule has 0 aromatic heterocycles. The third-order valence-corrected chi connectivity index (χ3v) is 3.18. The van der Waals surface area contributed by atoms with Crippen LogP contribution in [0, 0.1) is 17.0 Å². The van der Waals surface area contributed by atoms with E-state index in [9.17, 15) is 19.7 Å². The van der Waals surface area contributed by atoms with Gasteiger partial charge in [-0.25, -0.2) is 0 Å². The van der Waals surface area contributed by atoms with Crippen LogP contribution in [0.4, 0.5) is 10.5 Å². The van der Waals surface area contributed by atoms with Crippen molar-refractivity contribution in [1.29, 1.82) is 0 Å². The summed E-state index contributed by atoms with van der Waals surface area (Å²) in [6, 6.07) is 4.63. The number of thioether (sulfide) groups is 1. The molecule has 1 fully saturated rings. The van der Waals surface area contributed by atoms with Crippen molar-refractivity contribution in [3.8, 4) is 0 Å².